The van der Waals surface area contributed by atoms with Crippen molar-refractivity contribution in [1.82, 2.24) is 14.5 Å². The number of nitrogens with zero attached hydrogens (tertiary/aromatic N) is 3. The quantitative estimate of drug-likeness (QED) is 0.203. The number of fused-ring (bicyclic) bond motifs is 10. The standard InChI is InChI=1S/C40H23N3OS/c1-2-9-24(10-3-1)25-17-20-34-31(22-25)38-39(44-34)37(41-23-42-38)26-11-8-12-27(21-26)43-32-15-6-4-14-30(32)36-33(43)19-18-29-28-13-5-7-16-35(28)45-40(29)36/h1-23H/i1D,2D,3D,9D,10D. The van der Waals surface area contributed by atoms with Gasteiger partial charge in [0.1, 0.15) is 23.1 Å². The SMILES string of the molecule is [2H]c1c([2H])c([2H])c(-c2ccc3oc4c(-c5cccc(-n6c7ccccc7c7c8sc9ccccc9c8ccc76)c5)ncnc4c3c2)c([2H])c1[2H]. The van der Waals surface area contributed by atoms with Crippen LogP contribution in [0.25, 0.3) is 92.1 Å². The summed E-state index contributed by atoms with van der Waals surface area (Å²) in [6, 6.07) is 33.4. The number of rotatable bonds is 3. The molecule has 0 unspecified atom stereocenters. The Morgan fingerprint density at radius 1 is 0.644 bits per heavy atom. The fraction of sp³-hybridized carbons (Fsp3) is 0. The number of hydrogen-bond donors (Lipinski definition) is 0. The summed E-state index contributed by atoms with van der Waals surface area (Å²) in [6.45, 7) is 0. The molecule has 0 saturated carbocycles. The van der Waals surface area contributed by atoms with E-state index in [0.717, 1.165) is 22.3 Å². The molecule has 6 aromatic carbocycles. The van der Waals surface area contributed by atoms with E-state index in [0.29, 0.717) is 33.3 Å². The van der Waals surface area contributed by atoms with Gasteiger partial charge in [0.2, 0.25) is 0 Å². The zero-order chi connectivity index (χ0) is 33.8. The van der Waals surface area contributed by atoms with Crippen molar-refractivity contribution in [1.29, 1.82) is 0 Å². The van der Waals surface area contributed by atoms with Gasteiger partial charge in [-0.3, -0.25) is 0 Å². The maximum absolute atomic E-state index is 8.48. The fourth-order valence-corrected chi connectivity index (χ4v) is 7.90. The first-order chi connectivity index (χ1) is 24.4. The van der Waals surface area contributed by atoms with E-state index in [2.05, 4.69) is 87.3 Å². The second-order valence-electron chi connectivity index (χ2n) is 11.1. The van der Waals surface area contributed by atoms with Gasteiger partial charge in [-0.1, -0.05) is 90.9 Å². The number of aromatic nitrogens is 3. The monoisotopic (exact) mass is 598 g/mol. The lowest BCUT2D eigenvalue weighted by molar-refractivity contribution is 0.667. The smallest absolute Gasteiger partial charge is 0.180 e. The normalized spacial score (nSPS) is 13.6. The van der Waals surface area contributed by atoms with Crippen LogP contribution in [0.15, 0.2) is 144 Å². The highest BCUT2D eigenvalue weighted by Gasteiger charge is 2.19. The van der Waals surface area contributed by atoms with Gasteiger partial charge in [-0.25, -0.2) is 9.97 Å². The maximum atomic E-state index is 8.48. The van der Waals surface area contributed by atoms with Gasteiger partial charge in [0.15, 0.2) is 5.58 Å². The van der Waals surface area contributed by atoms with Crippen molar-refractivity contribution in [3.05, 3.63) is 140 Å². The molecule has 0 bridgehead atoms. The molecule has 0 saturated heterocycles. The van der Waals surface area contributed by atoms with Crippen molar-refractivity contribution in [2.75, 3.05) is 0 Å². The Morgan fingerprint density at radius 3 is 2.44 bits per heavy atom. The van der Waals surface area contributed by atoms with E-state index in [1.807, 2.05) is 23.5 Å². The number of furan rings is 1. The van der Waals surface area contributed by atoms with Crippen LogP contribution in [0.1, 0.15) is 6.85 Å². The van der Waals surface area contributed by atoms with E-state index in [-0.39, 0.29) is 29.7 Å². The molecular formula is C40H23N3OS. The molecule has 4 heterocycles. The van der Waals surface area contributed by atoms with E-state index in [4.69, 9.17) is 11.3 Å². The molecule has 0 aliphatic carbocycles. The Balaban J connectivity index is 1.16. The first kappa shape index (κ1) is 20.2. The number of hydrogen-bond acceptors (Lipinski definition) is 4. The molecule has 0 aliphatic heterocycles. The minimum atomic E-state index is -0.424. The summed E-state index contributed by atoms with van der Waals surface area (Å²) in [4.78, 5) is 9.26. The molecule has 10 aromatic rings. The van der Waals surface area contributed by atoms with Gasteiger partial charge >= 0.3 is 0 Å². The highest BCUT2D eigenvalue weighted by Crippen LogP contribution is 2.43. The van der Waals surface area contributed by atoms with Crippen molar-refractivity contribution in [2.24, 2.45) is 0 Å². The molecule has 5 heteroatoms. The molecule has 0 spiro atoms. The largest absolute Gasteiger partial charge is 0.452 e. The maximum Gasteiger partial charge on any atom is 0.180 e. The molecule has 10 rings (SSSR count). The summed E-state index contributed by atoms with van der Waals surface area (Å²) in [6.07, 6.45) is 1.51. The predicted molar refractivity (Wildman–Crippen MR) is 187 cm³/mol. The minimum absolute atomic E-state index is 0.133. The Morgan fingerprint density at radius 2 is 1.51 bits per heavy atom. The number of thiophene rings is 1. The highest BCUT2D eigenvalue weighted by atomic mass is 32.1. The van der Waals surface area contributed by atoms with Crippen molar-refractivity contribution in [2.45, 2.75) is 0 Å². The van der Waals surface area contributed by atoms with E-state index in [1.54, 1.807) is 18.2 Å². The Kier molecular flexibility index (Phi) is 4.21. The van der Waals surface area contributed by atoms with Crippen molar-refractivity contribution in [3.63, 3.8) is 0 Å². The molecule has 0 amide bonds. The zero-order valence-corrected chi connectivity index (χ0v) is 24.4. The van der Waals surface area contributed by atoms with Gasteiger partial charge in [0.25, 0.3) is 0 Å². The summed E-state index contributed by atoms with van der Waals surface area (Å²) in [5, 5.41) is 5.63. The zero-order valence-electron chi connectivity index (χ0n) is 28.6. The van der Waals surface area contributed by atoms with Crippen LogP contribution < -0.4 is 0 Å². The van der Waals surface area contributed by atoms with Gasteiger partial charge < -0.3 is 8.98 Å². The second kappa shape index (κ2) is 9.36. The summed E-state index contributed by atoms with van der Waals surface area (Å²) in [5.41, 5.74) is 6.97. The van der Waals surface area contributed by atoms with Crippen molar-refractivity contribution >= 4 is 75.4 Å². The van der Waals surface area contributed by atoms with Crippen LogP contribution in [0.5, 0.6) is 0 Å². The van der Waals surface area contributed by atoms with Crippen LogP contribution in [-0.2, 0) is 0 Å². The van der Waals surface area contributed by atoms with Crippen molar-refractivity contribution < 1.29 is 11.3 Å². The topological polar surface area (TPSA) is 43.9 Å². The molecule has 0 N–H and O–H groups in total. The molecule has 0 atom stereocenters. The Bertz CT molecular complexity index is 3040. The van der Waals surface area contributed by atoms with E-state index in [1.165, 1.54) is 37.3 Å². The average Bonchev–Trinajstić information content (AvgIpc) is 3.82. The number of benzene rings is 6. The van der Waals surface area contributed by atoms with Crippen LogP contribution in [0.2, 0.25) is 0 Å². The molecule has 4 nitrogen and oxygen atoms in total. The lowest BCUT2D eigenvalue weighted by atomic mass is 10.0. The average molecular weight is 599 g/mol. The summed E-state index contributed by atoms with van der Waals surface area (Å²) < 4.78 is 52.4. The third-order valence-electron chi connectivity index (χ3n) is 8.60. The van der Waals surface area contributed by atoms with Crippen LogP contribution in [-0.4, -0.2) is 14.5 Å². The molecule has 210 valence electrons. The minimum Gasteiger partial charge on any atom is -0.452 e. The van der Waals surface area contributed by atoms with Gasteiger partial charge in [-0.15, -0.1) is 11.3 Å². The van der Waals surface area contributed by atoms with Gasteiger partial charge in [0.05, 0.1) is 17.9 Å². The second-order valence-corrected chi connectivity index (χ2v) is 12.1. The molecule has 0 aliphatic rings. The first-order valence-electron chi connectivity index (χ1n) is 17.1. The summed E-state index contributed by atoms with van der Waals surface area (Å²) >= 11 is 1.83. The van der Waals surface area contributed by atoms with E-state index in [9.17, 15) is 0 Å². The lowest BCUT2D eigenvalue weighted by Gasteiger charge is -2.10. The molecule has 45 heavy (non-hydrogen) atoms. The molecule has 4 aromatic heterocycles. The lowest BCUT2D eigenvalue weighted by Crippen LogP contribution is -1.95. The third kappa shape index (κ3) is 3.59. The van der Waals surface area contributed by atoms with Gasteiger partial charge in [-0.05, 0) is 53.6 Å². The molecule has 0 fully saturated rings. The molecular weight excluding hydrogens is 571 g/mol. The fourth-order valence-electron chi connectivity index (χ4n) is 6.64. The molecule has 0 radical (unpaired) electrons. The number of para-hydroxylation sites is 1. The van der Waals surface area contributed by atoms with Crippen molar-refractivity contribution in [3.8, 4) is 28.1 Å². The van der Waals surface area contributed by atoms with Gasteiger partial charge in [0, 0.05) is 47.6 Å². The predicted octanol–water partition coefficient (Wildman–Crippen LogP) is 11.2. The Hall–Kier alpha value is -5.78. The first-order valence-corrected chi connectivity index (χ1v) is 15.4. The van der Waals surface area contributed by atoms with E-state index >= 15 is 0 Å². The summed E-state index contributed by atoms with van der Waals surface area (Å²) in [5.74, 6) is 0. The van der Waals surface area contributed by atoms with E-state index < -0.39 is 6.04 Å². The highest BCUT2D eigenvalue weighted by molar-refractivity contribution is 7.26. The van der Waals surface area contributed by atoms with Crippen LogP contribution >= 0.6 is 11.3 Å². The van der Waals surface area contributed by atoms with Crippen LogP contribution in [0, 0.1) is 0 Å². The summed E-state index contributed by atoms with van der Waals surface area (Å²) in [7, 11) is 0. The van der Waals surface area contributed by atoms with Crippen LogP contribution in [0.4, 0.5) is 0 Å². The van der Waals surface area contributed by atoms with Gasteiger partial charge in [-0.2, -0.15) is 0 Å². The Labute approximate surface area is 268 Å². The third-order valence-corrected chi connectivity index (χ3v) is 9.80. The van der Waals surface area contributed by atoms with Crippen LogP contribution in [0.3, 0.4) is 0 Å².